The van der Waals surface area contributed by atoms with E-state index >= 15 is 0 Å². The van der Waals surface area contributed by atoms with Crippen molar-refractivity contribution in [2.45, 2.75) is 37.2 Å². The molecule has 2 atom stereocenters. The summed E-state index contributed by atoms with van der Waals surface area (Å²) < 4.78 is 53.9. The Labute approximate surface area is 275 Å². The normalized spacial score (nSPS) is 17.8. The number of benzene rings is 4. The van der Waals surface area contributed by atoms with Crippen LogP contribution in [-0.4, -0.2) is 35.7 Å². The Bertz CT molecular complexity index is 1660. The predicted octanol–water partition coefficient (Wildman–Crippen LogP) is 7.81. The maximum absolute atomic E-state index is 14.4. The van der Waals surface area contributed by atoms with Crippen molar-refractivity contribution in [2.24, 2.45) is 4.99 Å². The first-order valence-electron chi connectivity index (χ1n) is 14.1. The molecule has 11 heteroatoms. The molecule has 0 radical (unpaired) electrons. The smallest absolute Gasteiger partial charge is 0.416 e. The average Bonchev–Trinajstić information content (AvgIpc) is 3.41. The number of halogens is 5. The van der Waals surface area contributed by atoms with E-state index < -0.39 is 29.3 Å². The SMILES string of the molecule is O=C(NCc1cccc(C(F)(F)F)c1)[C@]1(Cc2ccc(Br)cc2)N=C(c2ccc(OCCCO)cc2)O[C@@H]1c1ccccc1Br. The summed E-state index contributed by atoms with van der Waals surface area (Å²) in [5.74, 6) is 0.347. The summed E-state index contributed by atoms with van der Waals surface area (Å²) >= 11 is 7.06. The zero-order valence-electron chi connectivity index (χ0n) is 23.9. The number of nitrogens with zero attached hydrogens (tertiary/aromatic N) is 1. The molecule has 0 fully saturated rings. The lowest BCUT2D eigenvalue weighted by molar-refractivity contribution is -0.137. The van der Waals surface area contributed by atoms with Crippen LogP contribution in [0.5, 0.6) is 5.75 Å². The molecule has 0 saturated carbocycles. The highest BCUT2D eigenvalue weighted by Crippen LogP contribution is 2.44. The van der Waals surface area contributed by atoms with Gasteiger partial charge in [0, 0.05) is 46.1 Å². The molecule has 4 aromatic rings. The van der Waals surface area contributed by atoms with Crippen LogP contribution in [-0.2, 0) is 28.7 Å². The minimum Gasteiger partial charge on any atom is -0.494 e. The largest absolute Gasteiger partial charge is 0.494 e. The lowest BCUT2D eigenvalue weighted by atomic mass is 9.82. The summed E-state index contributed by atoms with van der Waals surface area (Å²) in [5.41, 5.74) is 0.0972. The molecule has 2 N–H and O–H groups in total. The molecule has 1 aliphatic heterocycles. The number of nitrogens with one attached hydrogen (secondary N) is 1. The molecule has 4 aromatic carbocycles. The van der Waals surface area contributed by atoms with Crippen LogP contribution in [0.2, 0.25) is 0 Å². The molecule has 0 unspecified atom stereocenters. The third-order valence-electron chi connectivity index (χ3n) is 7.31. The Balaban J connectivity index is 1.55. The predicted molar refractivity (Wildman–Crippen MR) is 172 cm³/mol. The van der Waals surface area contributed by atoms with Gasteiger partial charge in [0.05, 0.1) is 12.2 Å². The van der Waals surface area contributed by atoms with Gasteiger partial charge in [-0.25, -0.2) is 4.99 Å². The molecular formula is C34H29Br2F3N2O4. The quantitative estimate of drug-likeness (QED) is 0.154. The van der Waals surface area contributed by atoms with Crippen LogP contribution in [0, 0.1) is 0 Å². The minimum atomic E-state index is -4.51. The average molecular weight is 746 g/mol. The maximum atomic E-state index is 14.4. The second kappa shape index (κ2) is 14.2. The van der Waals surface area contributed by atoms with Gasteiger partial charge < -0.3 is 19.9 Å². The number of aliphatic imine (C=N–C) groups is 1. The maximum Gasteiger partial charge on any atom is 0.416 e. The van der Waals surface area contributed by atoms with E-state index in [1.807, 2.05) is 48.5 Å². The first-order chi connectivity index (χ1) is 21.6. The summed E-state index contributed by atoms with van der Waals surface area (Å²) in [6.07, 6.45) is -4.74. The van der Waals surface area contributed by atoms with Crippen LogP contribution in [0.4, 0.5) is 13.2 Å². The fourth-order valence-electron chi connectivity index (χ4n) is 5.05. The molecule has 45 heavy (non-hydrogen) atoms. The lowest BCUT2D eigenvalue weighted by Gasteiger charge is -2.31. The van der Waals surface area contributed by atoms with E-state index in [4.69, 9.17) is 19.6 Å². The third-order valence-corrected chi connectivity index (χ3v) is 8.56. The van der Waals surface area contributed by atoms with Gasteiger partial charge in [0.2, 0.25) is 5.90 Å². The molecule has 234 valence electrons. The number of ether oxygens (including phenoxy) is 2. The van der Waals surface area contributed by atoms with Gasteiger partial charge in [-0.05, 0) is 65.7 Å². The number of carbonyl (C=O) groups is 1. The van der Waals surface area contributed by atoms with Gasteiger partial charge in [0.1, 0.15) is 5.75 Å². The van der Waals surface area contributed by atoms with Crippen molar-refractivity contribution < 1.29 is 32.5 Å². The standard InChI is InChI=1S/C34H29Br2F3N2O4/c35-26-13-9-22(10-14-26)20-33(32(43)40-21-23-5-3-6-25(19-23)34(37,38)39)30(28-7-1-2-8-29(28)36)45-31(41-33)24-11-15-27(16-12-24)44-18-4-17-42/h1-3,5-16,19,30,42H,4,17-18,20-21H2,(H,40,43)/t30-,33-/m1/s1. The van der Waals surface area contributed by atoms with E-state index in [-0.39, 0.29) is 25.5 Å². The third kappa shape index (κ3) is 7.77. The Hall–Kier alpha value is -3.67. The Morgan fingerprint density at radius 2 is 1.69 bits per heavy atom. The number of amides is 1. The van der Waals surface area contributed by atoms with Gasteiger partial charge in [-0.15, -0.1) is 0 Å². The van der Waals surface area contributed by atoms with Gasteiger partial charge >= 0.3 is 6.18 Å². The lowest BCUT2D eigenvalue weighted by Crippen LogP contribution is -2.49. The molecule has 0 bridgehead atoms. The highest BCUT2D eigenvalue weighted by Gasteiger charge is 2.53. The zero-order valence-corrected chi connectivity index (χ0v) is 27.0. The van der Waals surface area contributed by atoms with Crippen LogP contribution >= 0.6 is 31.9 Å². The van der Waals surface area contributed by atoms with Gasteiger partial charge in [0.25, 0.3) is 5.91 Å². The summed E-state index contributed by atoms with van der Waals surface area (Å²) in [6.45, 7) is 0.243. The molecule has 0 saturated heterocycles. The molecule has 6 nitrogen and oxygen atoms in total. The molecule has 1 amide bonds. The topological polar surface area (TPSA) is 80.2 Å². The van der Waals surface area contributed by atoms with Crippen LogP contribution in [0.1, 0.15) is 40.3 Å². The number of carbonyl (C=O) groups excluding carboxylic acids is 1. The van der Waals surface area contributed by atoms with E-state index in [1.165, 1.54) is 12.1 Å². The molecule has 1 aliphatic rings. The van der Waals surface area contributed by atoms with Crippen molar-refractivity contribution in [1.29, 1.82) is 0 Å². The van der Waals surface area contributed by atoms with Gasteiger partial charge in [0.15, 0.2) is 11.6 Å². The van der Waals surface area contributed by atoms with Crippen LogP contribution in [0.15, 0.2) is 111 Å². The van der Waals surface area contributed by atoms with Gasteiger partial charge in [-0.1, -0.05) is 74.3 Å². The van der Waals surface area contributed by atoms with Gasteiger partial charge in [-0.2, -0.15) is 13.2 Å². The van der Waals surface area contributed by atoms with Crippen molar-refractivity contribution in [3.8, 4) is 5.75 Å². The van der Waals surface area contributed by atoms with E-state index in [9.17, 15) is 18.0 Å². The van der Waals surface area contributed by atoms with E-state index in [1.54, 1.807) is 24.3 Å². The number of alkyl halides is 3. The molecule has 0 aromatic heterocycles. The van der Waals surface area contributed by atoms with Crippen molar-refractivity contribution in [1.82, 2.24) is 5.32 Å². The fourth-order valence-corrected chi connectivity index (χ4v) is 5.81. The summed E-state index contributed by atoms with van der Waals surface area (Å²) in [4.78, 5) is 19.4. The van der Waals surface area contributed by atoms with Crippen molar-refractivity contribution >= 4 is 43.7 Å². The summed E-state index contributed by atoms with van der Waals surface area (Å²) in [6, 6.07) is 26.8. The van der Waals surface area contributed by atoms with E-state index in [2.05, 4.69) is 37.2 Å². The first-order valence-corrected chi connectivity index (χ1v) is 15.7. The van der Waals surface area contributed by atoms with Crippen LogP contribution in [0.25, 0.3) is 0 Å². The Kier molecular flexibility index (Phi) is 10.3. The monoisotopic (exact) mass is 744 g/mol. The molecular weight excluding hydrogens is 717 g/mol. The second-order valence-corrected chi connectivity index (χ2v) is 12.3. The highest BCUT2D eigenvalue weighted by atomic mass is 79.9. The Morgan fingerprint density at radius 3 is 2.38 bits per heavy atom. The van der Waals surface area contributed by atoms with Crippen molar-refractivity contribution in [3.05, 3.63) is 134 Å². The Morgan fingerprint density at radius 1 is 0.956 bits per heavy atom. The molecule has 0 aliphatic carbocycles. The second-order valence-electron chi connectivity index (χ2n) is 10.5. The van der Waals surface area contributed by atoms with Crippen molar-refractivity contribution in [2.75, 3.05) is 13.2 Å². The van der Waals surface area contributed by atoms with Gasteiger partial charge in [-0.3, -0.25) is 4.79 Å². The van der Waals surface area contributed by atoms with E-state index in [0.717, 1.165) is 22.2 Å². The number of hydrogen-bond acceptors (Lipinski definition) is 5. The molecule has 1 heterocycles. The number of aliphatic hydroxyl groups is 1. The minimum absolute atomic E-state index is 0.0233. The molecule has 0 spiro atoms. The number of rotatable bonds is 11. The van der Waals surface area contributed by atoms with Crippen LogP contribution < -0.4 is 10.1 Å². The van der Waals surface area contributed by atoms with Crippen molar-refractivity contribution in [3.63, 3.8) is 0 Å². The summed E-state index contributed by atoms with van der Waals surface area (Å²) in [5, 5.41) is 11.9. The zero-order chi connectivity index (χ0) is 32.0. The number of hydrogen-bond donors (Lipinski definition) is 2. The first kappa shape index (κ1) is 32.7. The van der Waals surface area contributed by atoms with E-state index in [0.29, 0.717) is 39.9 Å². The fraction of sp³-hybridized carbons (Fsp3) is 0.235. The number of aliphatic hydroxyl groups excluding tert-OH is 1. The molecule has 5 rings (SSSR count). The van der Waals surface area contributed by atoms with Crippen LogP contribution in [0.3, 0.4) is 0 Å². The summed E-state index contributed by atoms with van der Waals surface area (Å²) in [7, 11) is 0. The highest BCUT2D eigenvalue weighted by molar-refractivity contribution is 9.10.